The van der Waals surface area contributed by atoms with Crippen LogP contribution in [0.15, 0.2) is 53.4 Å². The summed E-state index contributed by atoms with van der Waals surface area (Å²) in [5.41, 5.74) is 6.96. The molecule has 3 rings (SSSR count). The van der Waals surface area contributed by atoms with Crippen LogP contribution in [0.2, 0.25) is 0 Å². The molecule has 2 aromatic carbocycles. The van der Waals surface area contributed by atoms with Crippen molar-refractivity contribution in [1.82, 2.24) is 20.2 Å². The maximum absolute atomic E-state index is 13.5. The van der Waals surface area contributed by atoms with E-state index in [-0.39, 0.29) is 23.4 Å². The first kappa shape index (κ1) is 25.0. The van der Waals surface area contributed by atoms with Gasteiger partial charge < -0.3 is 21.3 Å². The molecule has 4 N–H and O–H groups in total. The van der Waals surface area contributed by atoms with Crippen molar-refractivity contribution >= 4 is 27.4 Å². The number of urea groups is 1. The fourth-order valence-corrected chi connectivity index (χ4v) is 4.27. The minimum absolute atomic E-state index is 0.0306. The lowest BCUT2D eigenvalue weighted by Gasteiger charge is -2.11. The van der Waals surface area contributed by atoms with E-state index in [0.717, 1.165) is 12.1 Å². The van der Waals surface area contributed by atoms with Crippen molar-refractivity contribution in [1.29, 1.82) is 0 Å². The van der Waals surface area contributed by atoms with E-state index < -0.39 is 32.1 Å². The zero-order valence-corrected chi connectivity index (χ0v) is 19.4. The van der Waals surface area contributed by atoms with Gasteiger partial charge >= 0.3 is 6.03 Å². The molecular weight excluding hydrogens is 466 g/mol. The van der Waals surface area contributed by atoms with Gasteiger partial charge in [-0.25, -0.2) is 32.0 Å². The standard InChI is InChI=1S/C22H24F2N6O3S/c1-30(2)8-7-26-22(31)28-17-5-3-14(4-6-17)21-27-18(12-20(25)29-21)13-34(32,33)19-10-15(23)9-16(24)11-19/h3-6,9-12H,7-8,13H2,1-2H3,(H2,25,27,29)(H2,26,28,31). The fourth-order valence-electron chi connectivity index (χ4n) is 2.98. The van der Waals surface area contributed by atoms with Crippen LogP contribution in [-0.4, -0.2) is 56.5 Å². The van der Waals surface area contributed by atoms with Gasteiger partial charge in [0.25, 0.3) is 0 Å². The Kier molecular flexibility index (Phi) is 7.74. The molecule has 2 amide bonds. The normalized spacial score (nSPS) is 11.4. The highest BCUT2D eigenvalue weighted by Crippen LogP contribution is 2.23. The molecule has 0 fully saturated rings. The first-order valence-corrected chi connectivity index (χ1v) is 11.8. The molecule has 1 heterocycles. The Hall–Kier alpha value is -3.64. The van der Waals surface area contributed by atoms with E-state index in [4.69, 9.17) is 5.73 Å². The number of hydrogen-bond acceptors (Lipinski definition) is 7. The number of nitrogens with zero attached hydrogens (tertiary/aromatic N) is 3. The molecule has 0 radical (unpaired) electrons. The van der Waals surface area contributed by atoms with E-state index in [0.29, 0.717) is 30.4 Å². The second-order valence-electron chi connectivity index (χ2n) is 7.73. The minimum Gasteiger partial charge on any atom is -0.384 e. The Bertz CT molecular complexity index is 1260. The van der Waals surface area contributed by atoms with Crippen LogP contribution < -0.4 is 16.4 Å². The molecule has 9 nitrogen and oxygen atoms in total. The number of aromatic nitrogens is 2. The fraction of sp³-hybridized carbons (Fsp3) is 0.227. The van der Waals surface area contributed by atoms with Crippen LogP contribution in [0, 0.1) is 11.6 Å². The molecule has 0 atom stereocenters. The zero-order valence-electron chi connectivity index (χ0n) is 18.5. The number of sulfone groups is 1. The number of rotatable bonds is 8. The van der Waals surface area contributed by atoms with Gasteiger partial charge in [0, 0.05) is 36.5 Å². The second-order valence-corrected chi connectivity index (χ2v) is 9.72. The number of carbonyl (C=O) groups excluding carboxylic acids is 1. The van der Waals surface area contributed by atoms with Gasteiger partial charge in [0.1, 0.15) is 17.5 Å². The van der Waals surface area contributed by atoms with Crippen LogP contribution in [-0.2, 0) is 15.6 Å². The van der Waals surface area contributed by atoms with Crippen molar-refractivity contribution in [2.45, 2.75) is 10.6 Å². The van der Waals surface area contributed by atoms with Crippen LogP contribution in [0.4, 0.5) is 25.1 Å². The van der Waals surface area contributed by atoms with Gasteiger partial charge in [-0.3, -0.25) is 0 Å². The van der Waals surface area contributed by atoms with E-state index in [1.165, 1.54) is 6.07 Å². The number of amides is 2. The Balaban J connectivity index is 1.75. The summed E-state index contributed by atoms with van der Waals surface area (Å²) in [7, 11) is -0.287. The molecule has 1 aromatic heterocycles. The monoisotopic (exact) mass is 490 g/mol. The van der Waals surface area contributed by atoms with Gasteiger partial charge in [0.15, 0.2) is 15.7 Å². The maximum atomic E-state index is 13.5. The van der Waals surface area contributed by atoms with E-state index in [1.54, 1.807) is 24.3 Å². The number of carbonyl (C=O) groups is 1. The van der Waals surface area contributed by atoms with Crippen molar-refractivity contribution in [2.24, 2.45) is 0 Å². The molecule has 0 aliphatic heterocycles. The molecule has 0 unspecified atom stereocenters. The van der Waals surface area contributed by atoms with Crippen molar-refractivity contribution in [2.75, 3.05) is 38.2 Å². The smallest absolute Gasteiger partial charge is 0.319 e. The molecule has 34 heavy (non-hydrogen) atoms. The Morgan fingerprint density at radius 3 is 2.29 bits per heavy atom. The summed E-state index contributed by atoms with van der Waals surface area (Å²) in [6, 6.07) is 9.57. The summed E-state index contributed by atoms with van der Waals surface area (Å²) < 4.78 is 52.2. The summed E-state index contributed by atoms with van der Waals surface area (Å²) in [5.74, 6) is -2.42. The predicted molar refractivity (Wildman–Crippen MR) is 125 cm³/mol. The van der Waals surface area contributed by atoms with Gasteiger partial charge in [-0.2, -0.15) is 0 Å². The highest BCUT2D eigenvalue weighted by atomic mass is 32.2. The lowest BCUT2D eigenvalue weighted by Crippen LogP contribution is -2.34. The van der Waals surface area contributed by atoms with E-state index in [1.807, 2.05) is 19.0 Å². The van der Waals surface area contributed by atoms with Gasteiger partial charge in [-0.15, -0.1) is 0 Å². The summed E-state index contributed by atoms with van der Waals surface area (Å²) >= 11 is 0. The molecular formula is C22H24F2N6O3S. The number of anilines is 2. The molecule has 0 aliphatic carbocycles. The maximum Gasteiger partial charge on any atom is 0.319 e. The lowest BCUT2D eigenvalue weighted by atomic mass is 10.2. The molecule has 0 saturated carbocycles. The van der Waals surface area contributed by atoms with E-state index >= 15 is 0 Å². The van der Waals surface area contributed by atoms with Crippen LogP contribution >= 0.6 is 0 Å². The highest BCUT2D eigenvalue weighted by Gasteiger charge is 2.20. The van der Waals surface area contributed by atoms with Crippen LogP contribution in [0.1, 0.15) is 5.69 Å². The molecule has 0 saturated heterocycles. The number of benzene rings is 2. The lowest BCUT2D eigenvalue weighted by molar-refractivity contribution is 0.250. The zero-order chi connectivity index (χ0) is 24.9. The average molecular weight is 491 g/mol. The Morgan fingerprint density at radius 1 is 1.03 bits per heavy atom. The minimum atomic E-state index is -4.09. The van der Waals surface area contributed by atoms with Crippen LogP contribution in [0.25, 0.3) is 11.4 Å². The third-order valence-corrected chi connectivity index (χ3v) is 6.21. The van der Waals surface area contributed by atoms with Crippen LogP contribution in [0.5, 0.6) is 0 Å². The average Bonchev–Trinajstić information content (AvgIpc) is 2.72. The number of nitrogens with two attached hydrogens (primary N) is 1. The molecule has 0 spiro atoms. The van der Waals surface area contributed by atoms with Crippen molar-refractivity contribution in [3.8, 4) is 11.4 Å². The number of hydrogen-bond donors (Lipinski definition) is 3. The first-order valence-electron chi connectivity index (χ1n) is 10.1. The SMILES string of the molecule is CN(C)CCNC(=O)Nc1ccc(-c2nc(N)cc(CS(=O)(=O)c3cc(F)cc(F)c3)n2)cc1. The summed E-state index contributed by atoms with van der Waals surface area (Å²) in [4.78, 5) is 21.8. The van der Waals surface area contributed by atoms with Crippen molar-refractivity contribution in [3.05, 3.63) is 65.9 Å². The molecule has 0 aliphatic rings. The second kappa shape index (κ2) is 10.5. The summed E-state index contributed by atoms with van der Waals surface area (Å²) in [6.07, 6.45) is 0. The van der Waals surface area contributed by atoms with E-state index in [2.05, 4.69) is 20.6 Å². The quantitative estimate of drug-likeness (QED) is 0.443. The third kappa shape index (κ3) is 6.93. The summed E-state index contributed by atoms with van der Waals surface area (Å²) in [6.45, 7) is 1.19. The number of likely N-dealkylation sites (N-methyl/N-ethyl adjacent to an activating group) is 1. The van der Waals surface area contributed by atoms with E-state index in [9.17, 15) is 22.0 Å². The van der Waals surface area contributed by atoms with Gasteiger partial charge in [0.05, 0.1) is 16.3 Å². The van der Waals surface area contributed by atoms with Gasteiger partial charge in [0.2, 0.25) is 0 Å². The Labute approximate surface area is 195 Å². The molecule has 180 valence electrons. The van der Waals surface area contributed by atoms with Crippen molar-refractivity contribution < 1.29 is 22.0 Å². The number of nitrogens with one attached hydrogen (secondary N) is 2. The first-order chi connectivity index (χ1) is 16.0. The third-order valence-electron chi connectivity index (χ3n) is 4.58. The summed E-state index contributed by atoms with van der Waals surface area (Å²) in [5, 5.41) is 5.43. The van der Waals surface area contributed by atoms with Gasteiger partial charge in [-0.1, -0.05) is 0 Å². The van der Waals surface area contributed by atoms with Crippen molar-refractivity contribution in [3.63, 3.8) is 0 Å². The van der Waals surface area contributed by atoms with Gasteiger partial charge in [-0.05, 0) is 50.5 Å². The van der Waals surface area contributed by atoms with Crippen LogP contribution in [0.3, 0.4) is 0 Å². The molecule has 3 aromatic rings. The predicted octanol–water partition coefficient (Wildman–Crippen LogP) is 2.66. The molecule has 12 heteroatoms. The topological polar surface area (TPSA) is 130 Å². The highest BCUT2D eigenvalue weighted by molar-refractivity contribution is 7.90. The Morgan fingerprint density at radius 2 is 1.68 bits per heavy atom. The molecule has 0 bridgehead atoms. The largest absolute Gasteiger partial charge is 0.384 e. The number of halogens is 2. The number of nitrogen functional groups attached to an aromatic ring is 1.